The van der Waals surface area contributed by atoms with Crippen LogP contribution in [-0.2, 0) is 11.3 Å². The second-order valence-corrected chi connectivity index (χ2v) is 4.65. The molecule has 5 heteroatoms. The number of pyridine rings is 1. The Morgan fingerprint density at radius 3 is 3.11 bits per heavy atom. The van der Waals surface area contributed by atoms with Crippen molar-refractivity contribution < 1.29 is 14.6 Å². The molecule has 1 N–H and O–H groups in total. The number of carbonyl (C=O) groups is 1. The SMILES string of the molecule is CN(Cc1cccc(C(=O)O)n1)CC1CCCO1. The van der Waals surface area contributed by atoms with Crippen LogP contribution >= 0.6 is 0 Å². The number of carboxylic acids is 1. The fourth-order valence-electron chi connectivity index (χ4n) is 2.16. The van der Waals surface area contributed by atoms with Gasteiger partial charge in [0.25, 0.3) is 0 Å². The van der Waals surface area contributed by atoms with Gasteiger partial charge in [-0.25, -0.2) is 9.78 Å². The summed E-state index contributed by atoms with van der Waals surface area (Å²) in [6, 6.07) is 5.08. The molecular weight excluding hydrogens is 232 g/mol. The van der Waals surface area contributed by atoms with Gasteiger partial charge >= 0.3 is 5.97 Å². The molecule has 2 heterocycles. The Morgan fingerprint density at radius 1 is 1.61 bits per heavy atom. The van der Waals surface area contributed by atoms with Gasteiger partial charge in [-0.1, -0.05) is 6.07 Å². The van der Waals surface area contributed by atoms with Gasteiger partial charge in [0.2, 0.25) is 0 Å². The van der Waals surface area contributed by atoms with Crippen molar-refractivity contribution >= 4 is 5.97 Å². The first-order chi connectivity index (χ1) is 8.65. The normalized spacial score (nSPS) is 19.3. The third-order valence-electron chi connectivity index (χ3n) is 3.00. The molecule has 0 saturated carbocycles. The fourth-order valence-corrected chi connectivity index (χ4v) is 2.16. The van der Waals surface area contributed by atoms with E-state index in [-0.39, 0.29) is 5.69 Å². The molecule has 0 bridgehead atoms. The van der Waals surface area contributed by atoms with E-state index in [4.69, 9.17) is 9.84 Å². The van der Waals surface area contributed by atoms with E-state index in [1.54, 1.807) is 6.07 Å². The van der Waals surface area contributed by atoms with Crippen molar-refractivity contribution in [2.45, 2.75) is 25.5 Å². The molecule has 5 nitrogen and oxygen atoms in total. The number of aromatic nitrogens is 1. The highest BCUT2D eigenvalue weighted by molar-refractivity contribution is 5.85. The van der Waals surface area contributed by atoms with Crippen LogP contribution in [0, 0.1) is 0 Å². The number of rotatable bonds is 5. The Kier molecular flexibility index (Phi) is 4.28. The first-order valence-corrected chi connectivity index (χ1v) is 6.14. The largest absolute Gasteiger partial charge is 0.477 e. The minimum Gasteiger partial charge on any atom is -0.477 e. The predicted molar refractivity (Wildman–Crippen MR) is 66.5 cm³/mol. The highest BCUT2D eigenvalue weighted by Crippen LogP contribution is 2.13. The summed E-state index contributed by atoms with van der Waals surface area (Å²) >= 11 is 0. The van der Waals surface area contributed by atoms with E-state index < -0.39 is 5.97 Å². The Bertz CT molecular complexity index is 416. The summed E-state index contributed by atoms with van der Waals surface area (Å²) in [6.45, 7) is 2.35. The van der Waals surface area contributed by atoms with Crippen LogP contribution in [0.3, 0.4) is 0 Å². The maximum Gasteiger partial charge on any atom is 0.354 e. The Hall–Kier alpha value is -1.46. The second-order valence-electron chi connectivity index (χ2n) is 4.65. The lowest BCUT2D eigenvalue weighted by Crippen LogP contribution is -2.28. The molecule has 1 unspecified atom stereocenters. The van der Waals surface area contributed by atoms with Crippen molar-refractivity contribution in [1.29, 1.82) is 0 Å². The molecule has 1 aliphatic heterocycles. The molecule has 98 valence electrons. The molecule has 1 aromatic heterocycles. The number of hydrogen-bond donors (Lipinski definition) is 1. The lowest BCUT2D eigenvalue weighted by molar-refractivity contribution is 0.0687. The molecular formula is C13H18N2O3. The first-order valence-electron chi connectivity index (χ1n) is 6.14. The van der Waals surface area contributed by atoms with Crippen LogP contribution in [0.15, 0.2) is 18.2 Å². The Morgan fingerprint density at radius 2 is 2.44 bits per heavy atom. The van der Waals surface area contributed by atoms with E-state index in [0.717, 1.165) is 31.7 Å². The lowest BCUT2D eigenvalue weighted by atomic mass is 10.2. The van der Waals surface area contributed by atoms with Crippen molar-refractivity contribution in [3.8, 4) is 0 Å². The van der Waals surface area contributed by atoms with Crippen LogP contribution < -0.4 is 0 Å². The van der Waals surface area contributed by atoms with Gasteiger partial charge in [-0.3, -0.25) is 4.90 Å². The molecule has 18 heavy (non-hydrogen) atoms. The summed E-state index contributed by atoms with van der Waals surface area (Å²) in [4.78, 5) is 17.0. The smallest absolute Gasteiger partial charge is 0.354 e. The van der Waals surface area contributed by atoms with Gasteiger partial charge in [-0.15, -0.1) is 0 Å². The molecule has 0 spiro atoms. The average Bonchev–Trinajstić information content (AvgIpc) is 2.82. The van der Waals surface area contributed by atoms with E-state index >= 15 is 0 Å². The van der Waals surface area contributed by atoms with Gasteiger partial charge < -0.3 is 9.84 Å². The second kappa shape index (κ2) is 5.93. The van der Waals surface area contributed by atoms with E-state index in [9.17, 15) is 4.79 Å². The first kappa shape index (κ1) is 13.0. The number of aromatic carboxylic acids is 1. The Labute approximate surface area is 106 Å². The summed E-state index contributed by atoms with van der Waals surface area (Å²) in [7, 11) is 2.00. The molecule has 0 aromatic carbocycles. The fraction of sp³-hybridized carbons (Fsp3) is 0.538. The van der Waals surface area contributed by atoms with E-state index in [1.807, 2.05) is 13.1 Å². The molecule has 1 atom stereocenters. The van der Waals surface area contributed by atoms with Gasteiger partial charge in [-0.2, -0.15) is 0 Å². The molecule has 2 rings (SSSR count). The van der Waals surface area contributed by atoms with Crippen molar-refractivity contribution in [1.82, 2.24) is 9.88 Å². The van der Waals surface area contributed by atoms with Crippen molar-refractivity contribution in [2.24, 2.45) is 0 Å². The molecule has 1 saturated heterocycles. The number of ether oxygens (including phenoxy) is 1. The molecule has 1 aromatic rings. The predicted octanol–water partition coefficient (Wildman–Crippen LogP) is 1.39. The number of carboxylic acid groups (broad SMARTS) is 1. The lowest BCUT2D eigenvalue weighted by Gasteiger charge is -2.20. The van der Waals surface area contributed by atoms with E-state index in [2.05, 4.69) is 9.88 Å². The van der Waals surface area contributed by atoms with Gasteiger partial charge in [0.1, 0.15) is 5.69 Å². The zero-order valence-electron chi connectivity index (χ0n) is 10.5. The van der Waals surface area contributed by atoms with Crippen LogP contribution in [0.2, 0.25) is 0 Å². The number of likely N-dealkylation sites (N-methyl/N-ethyl adjacent to an activating group) is 1. The molecule has 1 fully saturated rings. The summed E-state index contributed by atoms with van der Waals surface area (Å²) in [5.74, 6) is -0.987. The maximum absolute atomic E-state index is 10.8. The molecule has 0 aliphatic carbocycles. The Balaban J connectivity index is 1.91. The van der Waals surface area contributed by atoms with Crippen molar-refractivity contribution in [3.05, 3.63) is 29.6 Å². The average molecular weight is 250 g/mol. The highest BCUT2D eigenvalue weighted by Gasteiger charge is 2.17. The van der Waals surface area contributed by atoms with Gasteiger partial charge in [0.05, 0.1) is 11.8 Å². The van der Waals surface area contributed by atoms with Crippen LogP contribution in [0.25, 0.3) is 0 Å². The standard InChI is InChI=1S/C13H18N2O3/c1-15(9-11-5-3-7-18-11)8-10-4-2-6-12(14-10)13(16)17/h2,4,6,11H,3,5,7-9H2,1H3,(H,16,17). The van der Waals surface area contributed by atoms with Crippen LogP contribution in [0.5, 0.6) is 0 Å². The molecule has 0 radical (unpaired) electrons. The minimum absolute atomic E-state index is 0.0954. The topological polar surface area (TPSA) is 62.7 Å². The zero-order chi connectivity index (χ0) is 13.0. The van der Waals surface area contributed by atoms with Crippen LogP contribution in [0.1, 0.15) is 29.0 Å². The van der Waals surface area contributed by atoms with Crippen LogP contribution in [-0.4, -0.2) is 47.3 Å². The van der Waals surface area contributed by atoms with Gasteiger partial charge in [-0.05, 0) is 32.0 Å². The van der Waals surface area contributed by atoms with Crippen LogP contribution in [0.4, 0.5) is 0 Å². The quantitative estimate of drug-likeness (QED) is 0.855. The highest BCUT2D eigenvalue weighted by atomic mass is 16.5. The number of hydrogen-bond acceptors (Lipinski definition) is 4. The summed E-state index contributed by atoms with van der Waals surface area (Å²) in [5, 5.41) is 8.88. The van der Waals surface area contributed by atoms with E-state index in [0.29, 0.717) is 12.6 Å². The minimum atomic E-state index is -0.987. The van der Waals surface area contributed by atoms with Gasteiger partial charge in [0.15, 0.2) is 0 Å². The van der Waals surface area contributed by atoms with Crippen molar-refractivity contribution in [3.63, 3.8) is 0 Å². The molecule has 1 aliphatic rings. The summed E-state index contributed by atoms with van der Waals surface area (Å²) in [5.41, 5.74) is 0.869. The molecule has 0 amide bonds. The van der Waals surface area contributed by atoms with E-state index in [1.165, 1.54) is 6.07 Å². The van der Waals surface area contributed by atoms with Crippen molar-refractivity contribution in [2.75, 3.05) is 20.2 Å². The maximum atomic E-state index is 10.8. The summed E-state index contributed by atoms with van der Waals surface area (Å²) < 4.78 is 5.57. The van der Waals surface area contributed by atoms with Gasteiger partial charge in [0, 0.05) is 19.7 Å². The monoisotopic (exact) mass is 250 g/mol. The third kappa shape index (κ3) is 3.51. The zero-order valence-corrected chi connectivity index (χ0v) is 10.5. The number of nitrogens with zero attached hydrogens (tertiary/aromatic N) is 2. The summed E-state index contributed by atoms with van der Waals surface area (Å²) in [6.07, 6.45) is 2.54. The third-order valence-corrected chi connectivity index (χ3v) is 3.00.